The number of hydrogen-bond donors (Lipinski definition) is 1. The van der Waals surface area contributed by atoms with Crippen molar-refractivity contribution in [3.05, 3.63) is 0 Å². The first-order valence-corrected chi connectivity index (χ1v) is 4.05. The van der Waals surface area contributed by atoms with Gasteiger partial charge in [0.15, 0.2) is 0 Å². The summed E-state index contributed by atoms with van der Waals surface area (Å²) >= 11 is 0. The van der Waals surface area contributed by atoms with Crippen LogP contribution in [0.2, 0.25) is 0 Å². The van der Waals surface area contributed by atoms with Crippen LogP contribution in [0.4, 0.5) is 0 Å². The Morgan fingerprint density at radius 1 is 1.45 bits per heavy atom. The fourth-order valence-electron chi connectivity index (χ4n) is 0.951. The van der Waals surface area contributed by atoms with E-state index in [1.54, 1.807) is 0 Å². The van der Waals surface area contributed by atoms with Gasteiger partial charge in [-0.25, -0.2) is 0 Å². The van der Waals surface area contributed by atoms with E-state index in [4.69, 9.17) is 10.4 Å². The van der Waals surface area contributed by atoms with Crippen molar-refractivity contribution in [2.24, 2.45) is 0 Å². The predicted molar refractivity (Wildman–Crippen MR) is 44.0 cm³/mol. The van der Waals surface area contributed by atoms with Crippen molar-refractivity contribution in [2.75, 3.05) is 26.2 Å². The minimum atomic E-state index is 0.209. The molecule has 0 rings (SSSR count). The Hall–Kier alpha value is -0.590. The number of rotatable bonds is 6. The number of nitriles is 1. The third-order valence-electron chi connectivity index (χ3n) is 1.63. The maximum absolute atomic E-state index is 8.62. The second-order valence-corrected chi connectivity index (χ2v) is 2.42. The lowest BCUT2D eigenvalue weighted by molar-refractivity contribution is 0.201. The summed E-state index contributed by atoms with van der Waals surface area (Å²) in [4.78, 5) is 2.14. The highest BCUT2D eigenvalue weighted by atomic mass is 16.3. The normalized spacial score (nSPS) is 10.0. The van der Waals surface area contributed by atoms with Crippen molar-refractivity contribution < 1.29 is 5.11 Å². The average molecular weight is 156 g/mol. The Labute approximate surface area is 68.2 Å². The minimum Gasteiger partial charge on any atom is -0.395 e. The monoisotopic (exact) mass is 156 g/mol. The highest BCUT2D eigenvalue weighted by molar-refractivity contribution is 4.69. The summed E-state index contributed by atoms with van der Waals surface area (Å²) in [5, 5.41) is 16.9. The highest BCUT2D eigenvalue weighted by Gasteiger charge is 1.98. The van der Waals surface area contributed by atoms with Crippen LogP contribution >= 0.6 is 0 Å². The van der Waals surface area contributed by atoms with Gasteiger partial charge in [-0.05, 0) is 19.5 Å². The van der Waals surface area contributed by atoms with Gasteiger partial charge in [-0.1, -0.05) is 6.92 Å². The molecule has 11 heavy (non-hydrogen) atoms. The Balaban J connectivity index is 3.29. The maximum atomic E-state index is 8.62. The van der Waals surface area contributed by atoms with Gasteiger partial charge in [-0.15, -0.1) is 0 Å². The molecule has 0 atom stereocenters. The summed E-state index contributed by atoms with van der Waals surface area (Å²) in [6, 6.07) is 2.10. The molecule has 0 aliphatic carbocycles. The van der Waals surface area contributed by atoms with Crippen molar-refractivity contribution in [1.82, 2.24) is 4.90 Å². The number of unbranched alkanes of at least 4 members (excludes halogenated alkanes) is 1. The second-order valence-electron chi connectivity index (χ2n) is 2.42. The number of aliphatic hydroxyl groups excluding tert-OH is 1. The van der Waals surface area contributed by atoms with Gasteiger partial charge in [0.05, 0.1) is 12.7 Å². The third kappa shape index (κ3) is 5.84. The summed E-state index contributed by atoms with van der Waals surface area (Å²) in [5.41, 5.74) is 0. The van der Waals surface area contributed by atoms with Crippen LogP contribution in [0, 0.1) is 11.3 Å². The average Bonchev–Trinajstić information content (AvgIpc) is 2.03. The van der Waals surface area contributed by atoms with Crippen LogP contribution in [-0.2, 0) is 0 Å². The van der Waals surface area contributed by atoms with E-state index in [1.807, 2.05) is 0 Å². The van der Waals surface area contributed by atoms with Crippen LogP contribution in [0.25, 0.3) is 0 Å². The fourth-order valence-corrected chi connectivity index (χ4v) is 0.951. The quantitative estimate of drug-likeness (QED) is 0.573. The molecular weight excluding hydrogens is 140 g/mol. The van der Waals surface area contributed by atoms with E-state index >= 15 is 0 Å². The minimum absolute atomic E-state index is 0.209. The molecule has 0 aliphatic heterocycles. The Bertz CT molecular complexity index is 120. The molecule has 0 heterocycles. The molecule has 0 spiro atoms. The molecule has 1 N–H and O–H groups in total. The van der Waals surface area contributed by atoms with Crippen LogP contribution in [0.15, 0.2) is 0 Å². The fraction of sp³-hybridized carbons (Fsp3) is 0.875. The molecule has 0 saturated heterocycles. The maximum Gasteiger partial charge on any atom is 0.0622 e. The molecule has 0 amide bonds. The highest BCUT2D eigenvalue weighted by Crippen LogP contribution is 1.93. The molecule has 0 aromatic carbocycles. The van der Waals surface area contributed by atoms with Crippen LogP contribution in [-0.4, -0.2) is 36.2 Å². The van der Waals surface area contributed by atoms with Crippen molar-refractivity contribution >= 4 is 0 Å². The molecule has 3 nitrogen and oxygen atoms in total. The van der Waals surface area contributed by atoms with Crippen LogP contribution in [0.1, 0.15) is 19.8 Å². The Kier molecular flexibility index (Phi) is 7.11. The molecule has 0 radical (unpaired) electrons. The summed E-state index contributed by atoms with van der Waals surface area (Å²) < 4.78 is 0. The van der Waals surface area contributed by atoms with Gasteiger partial charge in [0, 0.05) is 13.0 Å². The number of likely N-dealkylation sites (N-methyl/N-ethyl adjacent to an activating group) is 1. The van der Waals surface area contributed by atoms with Crippen LogP contribution < -0.4 is 0 Å². The van der Waals surface area contributed by atoms with Crippen molar-refractivity contribution in [3.63, 3.8) is 0 Å². The van der Waals surface area contributed by atoms with Gasteiger partial charge in [0.25, 0.3) is 0 Å². The molecule has 3 heteroatoms. The van der Waals surface area contributed by atoms with E-state index in [2.05, 4.69) is 17.9 Å². The zero-order valence-corrected chi connectivity index (χ0v) is 7.08. The first-order chi connectivity index (χ1) is 5.35. The molecule has 0 aromatic heterocycles. The van der Waals surface area contributed by atoms with Gasteiger partial charge >= 0.3 is 0 Å². The van der Waals surface area contributed by atoms with Crippen molar-refractivity contribution in [2.45, 2.75) is 19.8 Å². The summed E-state index contributed by atoms with van der Waals surface area (Å²) in [7, 11) is 0. The van der Waals surface area contributed by atoms with Gasteiger partial charge in [-0.2, -0.15) is 5.26 Å². The third-order valence-corrected chi connectivity index (χ3v) is 1.63. The first-order valence-electron chi connectivity index (χ1n) is 4.05. The van der Waals surface area contributed by atoms with E-state index in [9.17, 15) is 0 Å². The van der Waals surface area contributed by atoms with Crippen LogP contribution in [0.3, 0.4) is 0 Å². The van der Waals surface area contributed by atoms with Gasteiger partial charge < -0.3 is 10.0 Å². The SMILES string of the molecule is CCN(CCO)CCCC#N. The van der Waals surface area contributed by atoms with Crippen molar-refractivity contribution in [3.8, 4) is 6.07 Å². The van der Waals surface area contributed by atoms with Gasteiger partial charge in [0.2, 0.25) is 0 Å². The Morgan fingerprint density at radius 3 is 2.64 bits per heavy atom. The standard InChI is InChI=1S/C8H16N2O/c1-2-10(7-8-11)6-4-3-5-9/h11H,2-4,6-8H2,1H3. The van der Waals surface area contributed by atoms with E-state index < -0.39 is 0 Å². The zero-order valence-electron chi connectivity index (χ0n) is 7.08. The summed E-state index contributed by atoms with van der Waals surface area (Å²) in [5.74, 6) is 0. The largest absolute Gasteiger partial charge is 0.395 e. The van der Waals surface area contributed by atoms with E-state index in [0.717, 1.165) is 26.1 Å². The smallest absolute Gasteiger partial charge is 0.0622 e. The molecule has 0 fully saturated rings. The van der Waals surface area contributed by atoms with E-state index in [1.165, 1.54) is 0 Å². The van der Waals surface area contributed by atoms with E-state index in [0.29, 0.717) is 6.42 Å². The molecular formula is C8H16N2O. The predicted octanol–water partition coefficient (Wildman–Crippen LogP) is 0.604. The van der Waals surface area contributed by atoms with E-state index in [-0.39, 0.29) is 6.61 Å². The number of hydrogen-bond acceptors (Lipinski definition) is 3. The number of aliphatic hydroxyl groups is 1. The number of nitrogens with zero attached hydrogens (tertiary/aromatic N) is 2. The topological polar surface area (TPSA) is 47.3 Å². The molecule has 0 aromatic rings. The van der Waals surface area contributed by atoms with Gasteiger partial charge in [0.1, 0.15) is 0 Å². The summed E-state index contributed by atoms with van der Waals surface area (Å²) in [6.07, 6.45) is 1.52. The molecule has 64 valence electrons. The Morgan fingerprint density at radius 2 is 2.18 bits per heavy atom. The first kappa shape index (κ1) is 10.4. The molecule has 0 bridgehead atoms. The van der Waals surface area contributed by atoms with Crippen LogP contribution in [0.5, 0.6) is 0 Å². The lowest BCUT2D eigenvalue weighted by Gasteiger charge is -2.17. The molecule has 0 aliphatic rings. The second kappa shape index (κ2) is 7.52. The lowest BCUT2D eigenvalue weighted by atomic mass is 10.3. The molecule has 0 unspecified atom stereocenters. The van der Waals surface area contributed by atoms with Gasteiger partial charge in [-0.3, -0.25) is 0 Å². The zero-order chi connectivity index (χ0) is 8.53. The lowest BCUT2D eigenvalue weighted by Crippen LogP contribution is -2.27. The summed E-state index contributed by atoms with van der Waals surface area (Å²) in [6.45, 7) is 4.86. The van der Waals surface area contributed by atoms with Crippen molar-refractivity contribution in [1.29, 1.82) is 5.26 Å². The molecule has 0 saturated carbocycles.